The van der Waals surface area contributed by atoms with Gasteiger partial charge in [-0.1, -0.05) is 30.3 Å². The number of benzene rings is 2. The van der Waals surface area contributed by atoms with Gasteiger partial charge in [0.2, 0.25) is 5.91 Å². The van der Waals surface area contributed by atoms with Crippen LogP contribution in [0.3, 0.4) is 0 Å². The summed E-state index contributed by atoms with van der Waals surface area (Å²) in [6.45, 7) is 3.34. The molecule has 6 heteroatoms. The number of carbonyl (C=O) groups excluding carboxylic acids is 3. The molecule has 0 aliphatic carbocycles. The van der Waals surface area contributed by atoms with Crippen LogP contribution >= 0.6 is 0 Å². The van der Waals surface area contributed by atoms with Gasteiger partial charge in [0.05, 0.1) is 6.61 Å². The third-order valence-electron chi connectivity index (χ3n) is 3.83. The standard InChI is InChI=1S/C23H23NO5/c1-3-28-22(27)12-10-18-13-17(9-11-21(24)26)14-20(15-18)23(29-16(2)25)19-7-5-4-6-8-19/h4-15,23H,3H2,1-2H3,(H2,24,26). The fourth-order valence-electron chi connectivity index (χ4n) is 2.70. The summed E-state index contributed by atoms with van der Waals surface area (Å²) >= 11 is 0. The number of carbonyl (C=O) groups is 3. The Morgan fingerprint density at radius 3 is 2.14 bits per heavy atom. The number of amides is 1. The molecule has 1 amide bonds. The Morgan fingerprint density at radius 2 is 1.59 bits per heavy atom. The molecule has 1 atom stereocenters. The zero-order chi connectivity index (χ0) is 21.2. The molecule has 2 N–H and O–H groups in total. The predicted octanol–water partition coefficient (Wildman–Crippen LogP) is 3.41. The maximum atomic E-state index is 11.7. The lowest BCUT2D eigenvalue weighted by atomic mass is 9.96. The van der Waals surface area contributed by atoms with E-state index in [2.05, 4.69) is 0 Å². The van der Waals surface area contributed by atoms with Crippen LogP contribution in [0.2, 0.25) is 0 Å². The van der Waals surface area contributed by atoms with Gasteiger partial charge < -0.3 is 15.2 Å². The van der Waals surface area contributed by atoms with Crippen molar-refractivity contribution in [2.75, 3.05) is 6.61 Å². The summed E-state index contributed by atoms with van der Waals surface area (Å²) in [6.07, 6.45) is 5.06. The van der Waals surface area contributed by atoms with E-state index in [9.17, 15) is 14.4 Å². The summed E-state index contributed by atoms with van der Waals surface area (Å²) in [5.41, 5.74) is 8.01. The summed E-state index contributed by atoms with van der Waals surface area (Å²) in [4.78, 5) is 34.5. The lowest BCUT2D eigenvalue weighted by Gasteiger charge is -2.19. The molecular formula is C23H23NO5. The monoisotopic (exact) mass is 393 g/mol. The SMILES string of the molecule is CCOC(=O)C=Cc1cc(C=CC(N)=O)cc(C(OC(C)=O)c2ccccc2)c1. The zero-order valence-corrected chi connectivity index (χ0v) is 16.3. The summed E-state index contributed by atoms with van der Waals surface area (Å²) in [6, 6.07) is 14.7. The molecule has 0 fully saturated rings. The van der Waals surface area contributed by atoms with E-state index in [1.165, 1.54) is 19.1 Å². The van der Waals surface area contributed by atoms with Crippen molar-refractivity contribution < 1.29 is 23.9 Å². The number of primary amides is 1. The molecule has 0 aromatic heterocycles. The van der Waals surface area contributed by atoms with Gasteiger partial charge in [-0.3, -0.25) is 9.59 Å². The highest BCUT2D eigenvalue weighted by Gasteiger charge is 2.18. The molecule has 29 heavy (non-hydrogen) atoms. The van der Waals surface area contributed by atoms with E-state index in [4.69, 9.17) is 15.2 Å². The average molecular weight is 393 g/mol. The number of esters is 2. The number of nitrogens with two attached hydrogens (primary N) is 1. The van der Waals surface area contributed by atoms with E-state index in [0.29, 0.717) is 16.7 Å². The van der Waals surface area contributed by atoms with Crippen molar-refractivity contribution in [2.45, 2.75) is 20.0 Å². The Hall–Kier alpha value is -3.67. The van der Waals surface area contributed by atoms with Gasteiger partial charge >= 0.3 is 11.9 Å². The molecule has 0 aliphatic rings. The predicted molar refractivity (Wildman–Crippen MR) is 110 cm³/mol. The van der Waals surface area contributed by atoms with Gasteiger partial charge in [-0.15, -0.1) is 0 Å². The van der Waals surface area contributed by atoms with Gasteiger partial charge in [-0.05, 0) is 59.5 Å². The summed E-state index contributed by atoms with van der Waals surface area (Å²) in [5, 5.41) is 0. The first-order valence-electron chi connectivity index (χ1n) is 9.08. The maximum Gasteiger partial charge on any atom is 0.330 e. The Balaban J connectivity index is 2.52. The minimum Gasteiger partial charge on any atom is -0.463 e. The zero-order valence-electron chi connectivity index (χ0n) is 16.3. The van der Waals surface area contributed by atoms with E-state index in [1.807, 2.05) is 30.3 Å². The van der Waals surface area contributed by atoms with Crippen molar-refractivity contribution in [2.24, 2.45) is 5.73 Å². The number of hydrogen-bond acceptors (Lipinski definition) is 5. The van der Waals surface area contributed by atoms with Crippen LogP contribution < -0.4 is 5.73 Å². The van der Waals surface area contributed by atoms with Gasteiger partial charge in [-0.25, -0.2) is 4.79 Å². The normalized spacial score (nSPS) is 12.1. The molecular weight excluding hydrogens is 370 g/mol. The van der Waals surface area contributed by atoms with Crippen molar-refractivity contribution >= 4 is 30.0 Å². The fraction of sp³-hybridized carbons (Fsp3) is 0.174. The minimum absolute atomic E-state index is 0.276. The first kappa shape index (κ1) is 21.6. The van der Waals surface area contributed by atoms with Crippen molar-refractivity contribution in [1.29, 1.82) is 0 Å². The quantitative estimate of drug-likeness (QED) is 0.548. The summed E-state index contributed by atoms with van der Waals surface area (Å²) < 4.78 is 10.5. The van der Waals surface area contributed by atoms with Gasteiger partial charge in [0, 0.05) is 19.1 Å². The molecule has 0 radical (unpaired) electrons. The third-order valence-corrected chi connectivity index (χ3v) is 3.83. The van der Waals surface area contributed by atoms with Crippen molar-refractivity contribution in [3.05, 3.63) is 82.9 Å². The molecule has 0 bridgehead atoms. The van der Waals surface area contributed by atoms with Crippen molar-refractivity contribution in [3.8, 4) is 0 Å². The second-order valence-corrected chi connectivity index (χ2v) is 6.15. The molecule has 150 valence electrons. The van der Waals surface area contributed by atoms with Crippen LogP contribution in [-0.2, 0) is 23.9 Å². The summed E-state index contributed by atoms with van der Waals surface area (Å²) in [7, 11) is 0. The van der Waals surface area contributed by atoms with E-state index in [1.54, 1.807) is 37.3 Å². The first-order valence-corrected chi connectivity index (χ1v) is 9.08. The highest BCUT2D eigenvalue weighted by molar-refractivity contribution is 5.90. The Kier molecular flexibility index (Phi) is 7.91. The first-order chi connectivity index (χ1) is 13.9. The second-order valence-electron chi connectivity index (χ2n) is 6.15. The Bertz CT molecular complexity index is 932. The fourth-order valence-corrected chi connectivity index (χ4v) is 2.70. The van der Waals surface area contributed by atoms with E-state index >= 15 is 0 Å². The molecule has 2 rings (SSSR count). The molecule has 0 saturated heterocycles. The molecule has 2 aromatic rings. The Morgan fingerprint density at radius 1 is 0.966 bits per heavy atom. The topological polar surface area (TPSA) is 95.7 Å². The lowest BCUT2D eigenvalue weighted by molar-refractivity contribution is -0.144. The van der Waals surface area contributed by atoms with Crippen LogP contribution in [0.5, 0.6) is 0 Å². The molecule has 0 spiro atoms. The molecule has 0 saturated carbocycles. The van der Waals surface area contributed by atoms with Crippen LogP contribution in [0.4, 0.5) is 0 Å². The van der Waals surface area contributed by atoms with Crippen LogP contribution in [-0.4, -0.2) is 24.5 Å². The van der Waals surface area contributed by atoms with E-state index in [0.717, 1.165) is 5.56 Å². The van der Waals surface area contributed by atoms with E-state index < -0.39 is 23.9 Å². The number of hydrogen-bond donors (Lipinski definition) is 1. The number of rotatable bonds is 8. The lowest BCUT2D eigenvalue weighted by Crippen LogP contribution is -2.10. The minimum atomic E-state index is -0.648. The smallest absolute Gasteiger partial charge is 0.330 e. The summed E-state index contributed by atoms with van der Waals surface area (Å²) in [5.74, 6) is -1.48. The van der Waals surface area contributed by atoms with Crippen LogP contribution in [0.25, 0.3) is 12.2 Å². The third kappa shape index (κ3) is 7.10. The average Bonchev–Trinajstić information content (AvgIpc) is 2.69. The second kappa shape index (κ2) is 10.6. The van der Waals surface area contributed by atoms with Gasteiger partial charge in [0.15, 0.2) is 6.10 Å². The highest BCUT2D eigenvalue weighted by atomic mass is 16.5. The Labute approximate surface area is 169 Å². The van der Waals surface area contributed by atoms with Crippen LogP contribution in [0, 0.1) is 0 Å². The number of ether oxygens (including phenoxy) is 2. The van der Waals surface area contributed by atoms with Crippen molar-refractivity contribution in [3.63, 3.8) is 0 Å². The molecule has 6 nitrogen and oxygen atoms in total. The maximum absolute atomic E-state index is 11.7. The largest absolute Gasteiger partial charge is 0.463 e. The van der Waals surface area contributed by atoms with Crippen LogP contribution in [0.15, 0.2) is 60.7 Å². The molecule has 0 aliphatic heterocycles. The molecule has 2 aromatic carbocycles. The van der Waals surface area contributed by atoms with Gasteiger partial charge in [0.25, 0.3) is 0 Å². The molecule has 0 heterocycles. The molecule has 1 unspecified atom stereocenters. The van der Waals surface area contributed by atoms with Crippen molar-refractivity contribution in [1.82, 2.24) is 0 Å². The van der Waals surface area contributed by atoms with Gasteiger partial charge in [0.1, 0.15) is 0 Å². The highest BCUT2D eigenvalue weighted by Crippen LogP contribution is 2.29. The van der Waals surface area contributed by atoms with Crippen LogP contribution in [0.1, 0.15) is 42.2 Å². The van der Waals surface area contributed by atoms with E-state index in [-0.39, 0.29) is 6.61 Å². The van der Waals surface area contributed by atoms with Gasteiger partial charge in [-0.2, -0.15) is 0 Å².